The zero-order valence-electron chi connectivity index (χ0n) is 6.07. The highest BCUT2D eigenvalue weighted by Gasteiger charge is 1.98. The van der Waals surface area contributed by atoms with Gasteiger partial charge in [0, 0.05) is 10.2 Å². The molecule has 0 saturated heterocycles. The minimum Gasteiger partial charge on any atom is -0.370 e. The van der Waals surface area contributed by atoms with E-state index in [-0.39, 0.29) is 5.96 Å². The van der Waals surface area contributed by atoms with Gasteiger partial charge >= 0.3 is 0 Å². The topological polar surface area (TPSA) is 61.9 Å². The molecule has 0 bridgehead atoms. The molecular formula is C7H7BrClN3. The Kier molecular flexibility index (Phi) is 2.94. The van der Waals surface area contributed by atoms with Crippen LogP contribution in [-0.4, -0.2) is 5.96 Å². The summed E-state index contributed by atoms with van der Waals surface area (Å²) < 4.78 is 0.774. The molecule has 0 fully saturated rings. The second-order valence-electron chi connectivity index (χ2n) is 2.17. The van der Waals surface area contributed by atoms with Crippen molar-refractivity contribution in [1.82, 2.24) is 0 Å². The molecule has 0 aliphatic carbocycles. The second-order valence-corrected chi connectivity index (χ2v) is 3.43. The summed E-state index contributed by atoms with van der Waals surface area (Å²) in [5.41, 5.74) is 5.87. The third-order valence-corrected chi connectivity index (χ3v) is 2.41. The lowest BCUT2D eigenvalue weighted by atomic mass is 10.3. The van der Waals surface area contributed by atoms with Gasteiger partial charge in [0.2, 0.25) is 0 Å². The zero-order valence-corrected chi connectivity index (χ0v) is 8.41. The molecule has 3 nitrogen and oxygen atoms in total. The van der Waals surface area contributed by atoms with Crippen LogP contribution in [0.15, 0.2) is 22.7 Å². The van der Waals surface area contributed by atoms with Gasteiger partial charge in [-0.05, 0) is 34.1 Å². The fourth-order valence-corrected chi connectivity index (χ4v) is 1.23. The van der Waals surface area contributed by atoms with Crippen LogP contribution in [0.2, 0.25) is 5.02 Å². The molecule has 0 amide bonds. The Morgan fingerprint density at radius 3 is 2.75 bits per heavy atom. The lowest BCUT2D eigenvalue weighted by Crippen LogP contribution is -2.20. The normalized spacial score (nSPS) is 9.50. The first-order chi connectivity index (χ1) is 5.59. The van der Waals surface area contributed by atoms with Crippen molar-refractivity contribution in [2.24, 2.45) is 5.73 Å². The van der Waals surface area contributed by atoms with Crippen LogP contribution in [0.25, 0.3) is 0 Å². The van der Waals surface area contributed by atoms with Gasteiger partial charge in [0.25, 0.3) is 0 Å². The molecule has 0 atom stereocenters. The molecule has 1 aromatic rings. The maximum Gasteiger partial charge on any atom is 0.190 e. The van der Waals surface area contributed by atoms with Gasteiger partial charge in [0.15, 0.2) is 5.96 Å². The van der Waals surface area contributed by atoms with E-state index in [1.807, 2.05) is 0 Å². The first-order valence-electron chi connectivity index (χ1n) is 3.15. The number of guanidine groups is 1. The molecule has 12 heavy (non-hydrogen) atoms. The van der Waals surface area contributed by atoms with Crippen molar-refractivity contribution in [1.29, 1.82) is 5.41 Å². The maximum absolute atomic E-state index is 6.97. The highest BCUT2D eigenvalue weighted by atomic mass is 79.9. The minimum atomic E-state index is -0.0933. The summed E-state index contributed by atoms with van der Waals surface area (Å²) in [7, 11) is 0. The smallest absolute Gasteiger partial charge is 0.190 e. The van der Waals surface area contributed by atoms with Crippen LogP contribution in [-0.2, 0) is 0 Å². The molecule has 64 valence electrons. The molecule has 1 aromatic carbocycles. The fourth-order valence-electron chi connectivity index (χ4n) is 0.729. The van der Waals surface area contributed by atoms with Gasteiger partial charge in [-0.15, -0.1) is 0 Å². The monoisotopic (exact) mass is 247 g/mol. The first kappa shape index (κ1) is 9.35. The maximum atomic E-state index is 6.97. The number of halogens is 2. The molecule has 1 rings (SSSR count). The van der Waals surface area contributed by atoms with Gasteiger partial charge < -0.3 is 11.1 Å². The van der Waals surface area contributed by atoms with Crippen LogP contribution in [0.1, 0.15) is 0 Å². The van der Waals surface area contributed by atoms with Gasteiger partial charge in [-0.1, -0.05) is 11.6 Å². The van der Waals surface area contributed by atoms with Gasteiger partial charge in [-0.25, -0.2) is 0 Å². The van der Waals surface area contributed by atoms with Crippen molar-refractivity contribution in [2.75, 3.05) is 5.32 Å². The molecule has 4 N–H and O–H groups in total. The van der Waals surface area contributed by atoms with Crippen LogP contribution in [0, 0.1) is 5.41 Å². The van der Waals surface area contributed by atoms with E-state index in [9.17, 15) is 0 Å². The lowest BCUT2D eigenvalue weighted by molar-refractivity contribution is 1.41. The zero-order chi connectivity index (χ0) is 9.14. The standard InChI is InChI=1S/C7H7BrClN3/c8-5-3-4(12-7(10)11)1-2-6(5)9/h1-3H,(H4,10,11,12). The summed E-state index contributed by atoms with van der Waals surface area (Å²) in [5, 5.41) is 10.2. The van der Waals surface area contributed by atoms with E-state index in [1.54, 1.807) is 18.2 Å². The Hall–Kier alpha value is -0.740. The third kappa shape index (κ3) is 2.39. The molecule has 0 unspecified atom stereocenters. The lowest BCUT2D eigenvalue weighted by Gasteiger charge is -2.04. The van der Waals surface area contributed by atoms with Crippen molar-refractivity contribution in [2.45, 2.75) is 0 Å². The number of benzene rings is 1. The van der Waals surface area contributed by atoms with E-state index in [2.05, 4.69) is 21.2 Å². The van der Waals surface area contributed by atoms with E-state index < -0.39 is 0 Å². The molecule has 0 aliphatic rings. The number of nitrogens with one attached hydrogen (secondary N) is 2. The summed E-state index contributed by atoms with van der Waals surface area (Å²) in [6.45, 7) is 0. The average molecular weight is 249 g/mol. The summed E-state index contributed by atoms with van der Waals surface area (Å²) in [4.78, 5) is 0. The molecule has 0 radical (unpaired) electrons. The fraction of sp³-hybridized carbons (Fsp3) is 0. The van der Waals surface area contributed by atoms with Gasteiger partial charge in [-0.3, -0.25) is 5.41 Å². The number of rotatable bonds is 1. The van der Waals surface area contributed by atoms with E-state index >= 15 is 0 Å². The summed E-state index contributed by atoms with van der Waals surface area (Å²) >= 11 is 9.01. The molecule has 0 heterocycles. The largest absolute Gasteiger partial charge is 0.370 e. The van der Waals surface area contributed by atoms with Crippen molar-refractivity contribution in [3.05, 3.63) is 27.7 Å². The predicted molar refractivity (Wildman–Crippen MR) is 54.7 cm³/mol. The Morgan fingerprint density at radius 1 is 1.58 bits per heavy atom. The van der Waals surface area contributed by atoms with Crippen LogP contribution in [0.4, 0.5) is 5.69 Å². The Labute approximate surface area is 83.5 Å². The van der Waals surface area contributed by atoms with Crippen molar-refractivity contribution in [3.63, 3.8) is 0 Å². The highest BCUT2D eigenvalue weighted by molar-refractivity contribution is 9.10. The average Bonchev–Trinajstić information content (AvgIpc) is 1.96. The van der Waals surface area contributed by atoms with Crippen molar-refractivity contribution >= 4 is 39.2 Å². The van der Waals surface area contributed by atoms with Crippen LogP contribution >= 0.6 is 27.5 Å². The molecular weight excluding hydrogens is 241 g/mol. The highest BCUT2D eigenvalue weighted by Crippen LogP contribution is 2.25. The molecule has 0 aliphatic heterocycles. The molecule has 0 saturated carbocycles. The summed E-state index contributed by atoms with van der Waals surface area (Å²) in [6.07, 6.45) is 0. The quantitative estimate of drug-likeness (QED) is 0.528. The Morgan fingerprint density at radius 2 is 2.25 bits per heavy atom. The number of hydrogen-bond acceptors (Lipinski definition) is 1. The molecule has 0 spiro atoms. The first-order valence-corrected chi connectivity index (χ1v) is 4.33. The van der Waals surface area contributed by atoms with Gasteiger partial charge in [0.1, 0.15) is 0 Å². The SMILES string of the molecule is N=C(N)Nc1ccc(Cl)c(Br)c1. The van der Waals surface area contributed by atoms with Crippen LogP contribution < -0.4 is 11.1 Å². The molecule has 0 aromatic heterocycles. The molecule has 5 heteroatoms. The van der Waals surface area contributed by atoms with E-state index in [0.717, 1.165) is 10.2 Å². The van der Waals surface area contributed by atoms with Crippen LogP contribution in [0.3, 0.4) is 0 Å². The van der Waals surface area contributed by atoms with E-state index in [1.165, 1.54) is 0 Å². The summed E-state index contributed by atoms with van der Waals surface area (Å²) in [5.74, 6) is -0.0933. The van der Waals surface area contributed by atoms with Crippen molar-refractivity contribution in [3.8, 4) is 0 Å². The number of anilines is 1. The van der Waals surface area contributed by atoms with E-state index in [0.29, 0.717) is 5.02 Å². The number of hydrogen-bond donors (Lipinski definition) is 3. The summed E-state index contributed by atoms with van der Waals surface area (Å²) in [6, 6.07) is 5.22. The Balaban J connectivity index is 2.89. The predicted octanol–water partition coefficient (Wildman–Crippen LogP) is 2.41. The van der Waals surface area contributed by atoms with Gasteiger partial charge in [0.05, 0.1) is 5.02 Å². The Bertz CT molecular complexity index is 314. The van der Waals surface area contributed by atoms with Crippen molar-refractivity contribution < 1.29 is 0 Å². The second kappa shape index (κ2) is 3.78. The third-order valence-electron chi connectivity index (χ3n) is 1.20. The van der Waals surface area contributed by atoms with E-state index in [4.69, 9.17) is 22.7 Å². The minimum absolute atomic E-state index is 0.0933. The van der Waals surface area contributed by atoms with Crippen LogP contribution in [0.5, 0.6) is 0 Å². The van der Waals surface area contributed by atoms with Gasteiger partial charge in [-0.2, -0.15) is 0 Å². The number of nitrogens with two attached hydrogens (primary N) is 1.